The van der Waals surface area contributed by atoms with Crippen molar-refractivity contribution in [2.24, 2.45) is 0 Å². The second-order valence-corrected chi connectivity index (χ2v) is 9.25. The Morgan fingerprint density at radius 3 is 2.50 bits per heavy atom. The summed E-state index contributed by atoms with van der Waals surface area (Å²) < 4.78 is 16.9. The number of hydrogen-bond acceptors (Lipinski definition) is 8. The molecule has 192 valence electrons. The van der Waals surface area contributed by atoms with Crippen molar-refractivity contribution in [1.29, 1.82) is 5.26 Å². The molecule has 0 saturated carbocycles. The summed E-state index contributed by atoms with van der Waals surface area (Å²) in [5, 5.41) is 21.5. The van der Waals surface area contributed by atoms with Crippen molar-refractivity contribution >= 4 is 28.5 Å². The fourth-order valence-corrected chi connectivity index (χ4v) is 4.34. The van der Waals surface area contributed by atoms with Crippen LogP contribution in [0.15, 0.2) is 72.3 Å². The average molecular weight is 527 g/mol. The molecular formula is C29H26N4O4S. The van der Waals surface area contributed by atoms with Crippen molar-refractivity contribution in [3.8, 4) is 33.9 Å². The molecule has 0 unspecified atom stereocenters. The van der Waals surface area contributed by atoms with Gasteiger partial charge in [0.05, 0.1) is 7.11 Å². The molecule has 4 rings (SSSR count). The molecule has 1 amide bonds. The summed E-state index contributed by atoms with van der Waals surface area (Å²) in [4.78, 5) is 12.8. The SMILES string of the molecule is COc1cc(/C=C(/C#N)C(=O)Nc2nnc(-c3ccccc3C)s2)ccc1OCCOc1ccc(C)cc1. The van der Waals surface area contributed by atoms with E-state index in [2.05, 4.69) is 15.5 Å². The van der Waals surface area contributed by atoms with Crippen molar-refractivity contribution in [2.75, 3.05) is 25.6 Å². The van der Waals surface area contributed by atoms with Gasteiger partial charge < -0.3 is 14.2 Å². The zero-order valence-electron chi connectivity index (χ0n) is 21.2. The highest BCUT2D eigenvalue weighted by Crippen LogP contribution is 2.30. The molecule has 0 aliphatic rings. The maximum atomic E-state index is 12.8. The Kier molecular flexibility index (Phi) is 8.69. The number of methoxy groups -OCH3 is 1. The Labute approximate surface area is 225 Å². The van der Waals surface area contributed by atoms with Crippen LogP contribution in [0.2, 0.25) is 0 Å². The standard InChI is InChI=1S/C29H26N4O4S/c1-19-8-11-23(12-9-19)36-14-15-37-25-13-10-21(17-26(25)35-3)16-22(18-30)27(34)31-29-33-32-28(38-29)24-7-5-4-6-20(24)2/h4-13,16-17H,14-15H2,1-3H3,(H,31,33,34)/b22-16-. The Morgan fingerprint density at radius 2 is 1.76 bits per heavy atom. The Morgan fingerprint density at radius 1 is 1.00 bits per heavy atom. The van der Waals surface area contributed by atoms with Crippen molar-refractivity contribution in [2.45, 2.75) is 13.8 Å². The third-order valence-electron chi connectivity index (χ3n) is 5.52. The number of nitrogens with zero attached hydrogens (tertiary/aromatic N) is 3. The molecular weight excluding hydrogens is 500 g/mol. The number of aryl methyl sites for hydroxylation is 2. The lowest BCUT2D eigenvalue weighted by Crippen LogP contribution is -2.13. The molecule has 0 radical (unpaired) electrons. The van der Waals surface area contributed by atoms with Crippen molar-refractivity contribution < 1.29 is 19.0 Å². The molecule has 0 aliphatic carbocycles. The Hall–Kier alpha value is -4.68. The van der Waals surface area contributed by atoms with E-state index in [1.165, 1.54) is 24.5 Å². The third-order valence-corrected chi connectivity index (χ3v) is 6.39. The van der Waals surface area contributed by atoms with Crippen LogP contribution in [0.3, 0.4) is 0 Å². The number of hydrogen-bond donors (Lipinski definition) is 1. The van der Waals surface area contributed by atoms with Crippen molar-refractivity contribution in [3.63, 3.8) is 0 Å². The van der Waals surface area contributed by atoms with Gasteiger partial charge in [-0.2, -0.15) is 5.26 Å². The number of anilines is 1. The predicted molar refractivity (Wildman–Crippen MR) is 147 cm³/mol. The van der Waals surface area contributed by atoms with E-state index in [9.17, 15) is 10.1 Å². The summed E-state index contributed by atoms with van der Waals surface area (Å²) in [7, 11) is 1.53. The van der Waals surface area contributed by atoms with Crippen LogP contribution in [0.4, 0.5) is 5.13 Å². The van der Waals surface area contributed by atoms with E-state index in [0.29, 0.717) is 40.4 Å². The van der Waals surface area contributed by atoms with Crippen LogP contribution in [-0.2, 0) is 4.79 Å². The van der Waals surface area contributed by atoms with Gasteiger partial charge in [-0.15, -0.1) is 10.2 Å². The zero-order chi connectivity index (χ0) is 26.9. The van der Waals surface area contributed by atoms with Gasteiger partial charge in [0, 0.05) is 5.56 Å². The second-order valence-electron chi connectivity index (χ2n) is 8.27. The molecule has 0 aliphatic heterocycles. The highest BCUT2D eigenvalue weighted by molar-refractivity contribution is 7.18. The largest absolute Gasteiger partial charge is 0.493 e. The minimum atomic E-state index is -0.576. The van der Waals surface area contributed by atoms with E-state index in [0.717, 1.165) is 22.4 Å². The highest BCUT2D eigenvalue weighted by atomic mass is 32.1. The summed E-state index contributed by atoms with van der Waals surface area (Å²) in [6.07, 6.45) is 1.48. The summed E-state index contributed by atoms with van der Waals surface area (Å²) in [5.41, 5.74) is 3.68. The van der Waals surface area contributed by atoms with Crippen LogP contribution < -0.4 is 19.5 Å². The Bertz CT molecular complexity index is 1490. The van der Waals surface area contributed by atoms with Crippen LogP contribution in [0.25, 0.3) is 16.6 Å². The smallest absolute Gasteiger partial charge is 0.268 e. The third kappa shape index (κ3) is 6.75. The minimum absolute atomic E-state index is 0.0835. The Balaban J connectivity index is 1.38. The van der Waals surface area contributed by atoms with Gasteiger partial charge in [0.15, 0.2) is 11.5 Å². The molecule has 8 nitrogen and oxygen atoms in total. The summed E-state index contributed by atoms with van der Waals surface area (Å²) in [6.45, 7) is 4.68. The molecule has 0 saturated heterocycles. The number of rotatable bonds is 10. The lowest BCUT2D eigenvalue weighted by atomic mass is 10.1. The van der Waals surface area contributed by atoms with Crippen molar-refractivity contribution in [3.05, 3.63) is 89.0 Å². The fourth-order valence-electron chi connectivity index (χ4n) is 3.51. The lowest BCUT2D eigenvalue weighted by molar-refractivity contribution is -0.112. The second kappa shape index (κ2) is 12.5. The number of carbonyl (C=O) groups is 1. The van der Waals surface area contributed by atoms with Gasteiger partial charge in [-0.3, -0.25) is 10.1 Å². The average Bonchev–Trinajstić information content (AvgIpc) is 3.39. The quantitative estimate of drug-likeness (QED) is 0.157. The molecule has 0 fully saturated rings. The van der Waals surface area contributed by atoms with E-state index in [4.69, 9.17) is 14.2 Å². The van der Waals surface area contributed by atoms with Crippen LogP contribution >= 0.6 is 11.3 Å². The molecule has 0 atom stereocenters. The normalized spacial score (nSPS) is 10.9. The van der Waals surface area contributed by atoms with Crippen LogP contribution in [0.5, 0.6) is 17.2 Å². The molecule has 3 aromatic carbocycles. The van der Waals surface area contributed by atoms with E-state index in [1.54, 1.807) is 18.2 Å². The van der Waals surface area contributed by atoms with Crippen LogP contribution in [0, 0.1) is 25.2 Å². The number of amides is 1. The molecule has 0 spiro atoms. The number of aromatic nitrogens is 2. The van der Waals surface area contributed by atoms with Gasteiger partial charge in [-0.1, -0.05) is 59.4 Å². The molecule has 1 N–H and O–H groups in total. The van der Waals surface area contributed by atoms with Gasteiger partial charge in [-0.05, 0) is 55.3 Å². The predicted octanol–water partition coefficient (Wildman–Crippen LogP) is 5.83. The lowest BCUT2D eigenvalue weighted by Gasteiger charge is -2.12. The van der Waals surface area contributed by atoms with E-state index >= 15 is 0 Å². The van der Waals surface area contributed by atoms with Gasteiger partial charge >= 0.3 is 0 Å². The van der Waals surface area contributed by atoms with Gasteiger partial charge in [0.2, 0.25) is 5.13 Å². The molecule has 1 aromatic heterocycles. The minimum Gasteiger partial charge on any atom is -0.493 e. The molecule has 0 bridgehead atoms. The molecule has 9 heteroatoms. The van der Waals surface area contributed by atoms with Gasteiger partial charge in [0.25, 0.3) is 5.91 Å². The van der Waals surface area contributed by atoms with Crippen LogP contribution in [-0.4, -0.2) is 36.4 Å². The first-order valence-electron chi connectivity index (χ1n) is 11.8. The molecule has 4 aromatic rings. The van der Waals surface area contributed by atoms with Crippen LogP contribution in [0.1, 0.15) is 16.7 Å². The van der Waals surface area contributed by atoms with Crippen molar-refractivity contribution in [1.82, 2.24) is 10.2 Å². The molecule has 1 heterocycles. The van der Waals surface area contributed by atoms with E-state index in [1.807, 2.05) is 68.4 Å². The first-order chi connectivity index (χ1) is 18.5. The number of nitriles is 1. The first kappa shape index (κ1) is 26.4. The maximum Gasteiger partial charge on any atom is 0.268 e. The van der Waals surface area contributed by atoms with Gasteiger partial charge in [0.1, 0.15) is 35.6 Å². The van der Waals surface area contributed by atoms with E-state index in [-0.39, 0.29) is 5.57 Å². The van der Waals surface area contributed by atoms with E-state index < -0.39 is 5.91 Å². The topological polar surface area (TPSA) is 106 Å². The number of carbonyl (C=O) groups excluding carboxylic acids is 1. The number of ether oxygens (including phenoxy) is 3. The first-order valence-corrected chi connectivity index (χ1v) is 12.6. The maximum absolute atomic E-state index is 12.8. The number of nitrogens with one attached hydrogen (secondary N) is 1. The molecule has 38 heavy (non-hydrogen) atoms. The fraction of sp³-hybridized carbons (Fsp3) is 0.172. The summed E-state index contributed by atoms with van der Waals surface area (Å²) in [5.74, 6) is 1.19. The summed E-state index contributed by atoms with van der Waals surface area (Å²) >= 11 is 1.24. The number of benzene rings is 3. The monoisotopic (exact) mass is 526 g/mol. The highest BCUT2D eigenvalue weighted by Gasteiger charge is 2.15. The van der Waals surface area contributed by atoms with Gasteiger partial charge in [-0.25, -0.2) is 0 Å². The zero-order valence-corrected chi connectivity index (χ0v) is 22.0. The summed E-state index contributed by atoms with van der Waals surface area (Å²) in [6, 6.07) is 22.7.